The van der Waals surface area contributed by atoms with Crippen LogP contribution in [0.15, 0.2) is 77.9 Å². The SMILES string of the molecule is COC[C@@H]1CCCN1/N=C/[C@@H](Cc1cccc2ccccc12)SCc1ccccc1. The Bertz CT molecular complexity index is 954. The van der Waals surface area contributed by atoms with E-state index in [-0.39, 0.29) is 0 Å². The van der Waals surface area contributed by atoms with Gasteiger partial charge in [0.15, 0.2) is 0 Å². The average Bonchev–Trinajstić information content (AvgIpc) is 3.24. The first kappa shape index (κ1) is 21.0. The van der Waals surface area contributed by atoms with Gasteiger partial charge in [-0.05, 0) is 41.2 Å². The number of ether oxygens (including phenoxy) is 1. The smallest absolute Gasteiger partial charge is 0.0704 e. The standard InChI is InChI=1S/C26H30N2OS/c1-29-19-24-14-8-16-28(24)27-18-25(30-20-21-9-3-2-4-10-21)17-23-13-7-12-22-11-5-6-15-26(22)23/h2-7,9-13,15,18,24-25H,8,14,16-17,19-20H2,1H3/b27-18+/t24-,25+/m0/s1. The lowest BCUT2D eigenvalue weighted by Gasteiger charge is -2.22. The summed E-state index contributed by atoms with van der Waals surface area (Å²) in [6.45, 7) is 1.78. The Labute approximate surface area is 184 Å². The minimum absolute atomic E-state index is 0.319. The first-order chi connectivity index (χ1) is 14.8. The van der Waals surface area contributed by atoms with Crippen molar-refractivity contribution < 1.29 is 4.74 Å². The molecule has 0 aromatic heterocycles. The van der Waals surface area contributed by atoms with Crippen molar-refractivity contribution in [2.24, 2.45) is 5.10 Å². The molecule has 3 aromatic rings. The summed E-state index contributed by atoms with van der Waals surface area (Å²) >= 11 is 1.97. The van der Waals surface area contributed by atoms with Crippen molar-refractivity contribution in [3.63, 3.8) is 0 Å². The van der Waals surface area contributed by atoms with Gasteiger partial charge >= 0.3 is 0 Å². The minimum atomic E-state index is 0.319. The van der Waals surface area contributed by atoms with Crippen LogP contribution in [0, 0.1) is 0 Å². The quantitative estimate of drug-likeness (QED) is 0.412. The molecular formula is C26H30N2OS. The fraction of sp³-hybridized carbons (Fsp3) is 0.346. The van der Waals surface area contributed by atoms with E-state index in [0.717, 1.165) is 31.7 Å². The Morgan fingerprint density at radius 1 is 1.07 bits per heavy atom. The Morgan fingerprint density at radius 3 is 2.73 bits per heavy atom. The van der Waals surface area contributed by atoms with E-state index < -0.39 is 0 Å². The van der Waals surface area contributed by atoms with E-state index >= 15 is 0 Å². The highest BCUT2D eigenvalue weighted by atomic mass is 32.2. The lowest BCUT2D eigenvalue weighted by atomic mass is 10.0. The molecule has 3 aromatic carbocycles. The van der Waals surface area contributed by atoms with Gasteiger partial charge in [-0.15, -0.1) is 11.8 Å². The number of hydrogen-bond donors (Lipinski definition) is 0. The Morgan fingerprint density at radius 2 is 1.87 bits per heavy atom. The van der Waals surface area contributed by atoms with Crippen LogP contribution in [0.25, 0.3) is 10.8 Å². The fourth-order valence-electron chi connectivity index (χ4n) is 4.11. The molecule has 30 heavy (non-hydrogen) atoms. The fourth-order valence-corrected chi connectivity index (χ4v) is 5.15. The van der Waals surface area contributed by atoms with Crippen LogP contribution in [0.2, 0.25) is 0 Å². The second-order valence-corrected chi connectivity index (χ2v) is 9.08. The van der Waals surface area contributed by atoms with Crippen molar-refractivity contribution in [1.29, 1.82) is 0 Å². The van der Waals surface area contributed by atoms with Gasteiger partial charge in [0.2, 0.25) is 0 Å². The Kier molecular flexibility index (Phi) is 7.44. The molecule has 0 unspecified atom stereocenters. The molecular weight excluding hydrogens is 388 g/mol. The highest BCUT2D eigenvalue weighted by molar-refractivity contribution is 7.99. The molecule has 0 radical (unpaired) electrons. The molecule has 0 saturated carbocycles. The van der Waals surface area contributed by atoms with Crippen LogP contribution in [-0.4, -0.2) is 42.8 Å². The van der Waals surface area contributed by atoms with E-state index in [1.807, 2.05) is 11.8 Å². The van der Waals surface area contributed by atoms with Gasteiger partial charge in [0.1, 0.15) is 0 Å². The molecule has 1 saturated heterocycles. The predicted molar refractivity (Wildman–Crippen MR) is 129 cm³/mol. The maximum atomic E-state index is 5.39. The topological polar surface area (TPSA) is 24.8 Å². The molecule has 1 heterocycles. The predicted octanol–water partition coefficient (Wildman–Crippen LogP) is 5.78. The van der Waals surface area contributed by atoms with Gasteiger partial charge in [-0.3, -0.25) is 5.01 Å². The van der Waals surface area contributed by atoms with Crippen LogP contribution >= 0.6 is 11.8 Å². The normalized spacial score (nSPS) is 17.8. The molecule has 156 valence electrons. The van der Waals surface area contributed by atoms with Crippen molar-refractivity contribution in [1.82, 2.24) is 5.01 Å². The summed E-state index contributed by atoms with van der Waals surface area (Å²) in [6.07, 6.45) is 5.50. The molecule has 0 bridgehead atoms. The molecule has 4 rings (SSSR count). The highest BCUT2D eigenvalue weighted by Crippen LogP contribution is 2.26. The molecule has 1 aliphatic rings. The lowest BCUT2D eigenvalue weighted by Crippen LogP contribution is -2.29. The van der Waals surface area contributed by atoms with Crippen LogP contribution < -0.4 is 0 Å². The number of fused-ring (bicyclic) bond motifs is 1. The van der Waals surface area contributed by atoms with E-state index in [1.54, 1.807) is 7.11 Å². The summed E-state index contributed by atoms with van der Waals surface area (Å²) in [5, 5.41) is 10.1. The second kappa shape index (κ2) is 10.6. The molecule has 0 aliphatic carbocycles. The van der Waals surface area contributed by atoms with E-state index in [9.17, 15) is 0 Å². The van der Waals surface area contributed by atoms with Gasteiger partial charge in [-0.25, -0.2) is 0 Å². The maximum absolute atomic E-state index is 5.39. The average molecular weight is 419 g/mol. The number of hydrogen-bond acceptors (Lipinski definition) is 4. The van der Waals surface area contributed by atoms with E-state index in [4.69, 9.17) is 9.84 Å². The zero-order valence-corrected chi connectivity index (χ0v) is 18.4. The first-order valence-corrected chi connectivity index (χ1v) is 11.8. The van der Waals surface area contributed by atoms with Gasteiger partial charge in [-0.2, -0.15) is 5.10 Å². The second-order valence-electron chi connectivity index (χ2n) is 7.86. The molecule has 2 atom stereocenters. The monoisotopic (exact) mass is 418 g/mol. The first-order valence-electron chi connectivity index (χ1n) is 10.8. The minimum Gasteiger partial charge on any atom is -0.382 e. The van der Waals surface area contributed by atoms with Gasteiger partial charge in [0, 0.05) is 30.9 Å². The van der Waals surface area contributed by atoms with Crippen molar-refractivity contribution >= 4 is 28.7 Å². The third-order valence-corrected chi connectivity index (χ3v) is 6.91. The largest absolute Gasteiger partial charge is 0.382 e. The zero-order valence-electron chi connectivity index (χ0n) is 17.6. The number of benzene rings is 3. The number of rotatable bonds is 9. The van der Waals surface area contributed by atoms with Crippen LogP contribution in [-0.2, 0) is 16.9 Å². The highest BCUT2D eigenvalue weighted by Gasteiger charge is 2.23. The third kappa shape index (κ3) is 5.44. The third-order valence-electron chi connectivity index (χ3n) is 5.69. The molecule has 0 N–H and O–H groups in total. The Hall–Kier alpha value is -2.30. The van der Waals surface area contributed by atoms with Crippen molar-refractivity contribution in [2.75, 3.05) is 20.3 Å². The molecule has 0 spiro atoms. The van der Waals surface area contributed by atoms with E-state index in [1.165, 1.54) is 28.3 Å². The van der Waals surface area contributed by atoms with Gasteiger partial charge < -0.3 is 4.74 Å². The van der Waals surface area contributed by atoms with Crippen molar-refractivity contribution in [3.8, 4) is 0 Å². The molecule has 4 heteroatoms. The Balaban J connectivity index is 1.52. The number of methoxy groups -OCH3 is 1. The molecule has 0 amide bonds. The summed E-state index contributed by atoms with van der Waals surface area (Å²) in [5.74, 6) is 0.990. The van der Waals surface area contributed by atoms with E-state index in [0.29, 0.717) is 11.3 Å². The van der Waals surface area contributed by atoms with Gasteiger partial charge in [0.05, 0.1) is 12.6 Å². The molecule has 1 aliphatic heterocycles. The summed E-state index contributed by atoms with van der Waals surface area (Å²) in [4.78, 5) is 0. The zero-order chi connectivity index (χ0) is 20.6. The number of hydrazone groups is 1. The van der Waals surface area contributed by atoms with E-state index in [2.05, 4.69) is 84.0 Å². The summed E-state index contributed by atoms with van der Waals surface area (Å²) < 4.78 is 5.39. The molecule has 1 fully saturated rings. The number of nitrogens with zero attached hydrogens (tertiary/aromatic N) is 2. The number of thioether (sulfide) groups is 1. The van der Waals surface area contributed by atoms with Crippen LogP contribution in [0.3, 0.4) is 0 Å². The maximum Gasteiger partial charge on any atom is 0.0704 e. The molecule has 3 nitrogen and oxygen atoms in total. The van der Waals surface area contributed by atoms with Gasteiger partial charge in [-0.1, -0.05) is 72.8 Å². The van der Waals surface area contributed by atoms with Crippen LogP contribution in [0.4, 0.5) is 0 Å². The van der Waals surface area contributed by atoms with Crippen molar-refractivity contribution in [3.05, 3.63) is 83.9 Å². The summed E-state index contributed by atoms with van der Waals surface area (Å²) in [5.41, 5.74) is 2.75. The summed E-state index contributed by atoms with van der Waals surface area (Å²) in [6, 6.07) is 26.4. The lowest BCUT2D eigenvalue weighted by molar-refractivity contribution is 0.118. The van der Waals surface area contributed by atoms with Crippen molar-refractivity contribution in [2.45, 2.75) is 36.3 Å². The summed E-state index contributed by atoms with van der Waals surface area (Å²) in [7, 11) is 1.78. The van der Waals surface area contributed by atoms with Crippen LogP contribution in [0.5, 0.6) is 0 Å². The van der Waals surface area contributed by atoms with Crippen LogP contribution in [0.1, 0.15) is 24.0 Å². The van der Waals surface area contributed by atoms with Gasteiger partial charge in [0.25, 0.3) is 0 Å².